The highest BCUT2D eigenvalue weighted by molar-refractivity contribution is 7.90. The lowest BCUT2D eigenvalue weighted by Crippen LogP contribution is -2.37. The van der Waals surface area contributed by atoms with Crippen LogP contribution in [-0.2, 0) is 21.2 Å². The van der Waals surface area contributed by atoms with Crippen molar-refractivity contribution in [3.63, 3.8) is 0 Å². The zero-order valence-corrected chi connectivity index (χ0v) is 14.9. The summed E-state index contributed by atoms with van der Waals surface area (Å²) < 4.78 is 26.7. The van der Waals surface area contributed by atoms with E-state index in [9.17, 15) is 13.2 Å². The fourth-order valence-electron chi connectivity index (χ4n) is 2.67. The molecule has 0 fully saturated rings. The number of hydrogen-bond donors (Lipinski definition) is 1. The zero-order valence-electron chi connectivity index (χ0n) is 14.1. The standard InChI is InChI=1S/C18H21N3O3S/c1-2-3-4-14-5-8-16(9-6-14)19-18(22)15-7-10-17-20-25(23,24)12-11-21(17)13-15/h5-10,13H,2-4,11-12H2,1H3,(H,19,22). The molecule has 1 aromatic rings. The number of hydrogen-bond acceptors (Lipinski definition) is 4. The number of nitrogens with zero attached hydrogens (tertiary/aromatic N) is 2. The van der Waals surface area contributed by atoms with E-state index in [4.69, 9.17) is 0 Å². The van der Waals surface area contributed by atoms with Crippen molar-refractivity contribution in [1.82, 2.24) is 4.90 Å². The summed E-state index contributed by atoms with van der Waals surface area (Å²) in [6.07, 6.45) is 8.12. The molecule has 1 amide bonds. The fourth-order valence-corrected chi connectivity index (χ4v) is 3.64. The Kier molecular flexibility index (Phi) is 5.03. The van der Waals surface area contributed by atoms with E-state index < -0.39 is 10.0 Å². The highest BCUT2D eigenvalue weighted by Gasteiger charge is 2.24. The molecule has 3 rings (SSSR count). The van der Waals surface area contributed by atoms with E-state index in [0.29, 0.717) is 18.0 Å². The second-order valence-corrected chi connectivity index (χ2v) is 7.86. The number of carbonyl (C=O) groups excluding carboxylic acids is 1. The largest absolute Gasteiger partial charge is 0.330 e. The third-order valence-electron chi connectivity index (χ3n) is 4.12. The van der Waals surface area contributed by atoms with Gasteiger partial charge in [0.25, 0.3) is 15.9 Å². The molecule has 0 unspecified atom stereocenters. The van der Waals surface area contributed by atoms with Crippen molar-refractivity contribution in [1.29, 1.82) is 0 Å². The normalized spacial score (nSPS) is 18.2. The summed E-state index contributed by atoms with van der Waals surface area (Å²) >= 11 is 0. The lowest BCUT2D eigenvalue weighted by molar-refractivity contribution is -0.112. The van der Waals surface area contributed by atoms with Crippen molar-refractivity contribution >= 4 is 27.5 Å². The molecular formula is C18H21N3O3S. The first-order valence-electron chi connectivity index (χ1n) is 8.36. The Hall–Kier alpha value is -2.41. The maximum absolute atomic E-state index is 12.4. The summed E-state index contributed by atoms with van der Waals surface area (Å²) in [6, 6.07) is 7.85. The Morgan fingerprint density at radius 2 is 2.00 bits per heavy atom. The van der Waals surface area contributed by atoms with Crippen LogP contribution in [0.5, 0.6) is 0 Å². The number of anilines is 1. The number of fused-ring (bicyclic) bond motifs is 1. The summed E-state index contributed by atoms with van der Waals surface area (Å²) in [7, 11) is -3.39. The van der Waals surface area contributed by atoms with Crippen molar-refractivity contribution in [3.05, 3.63) is 53.8 Å². The van der Waals surface area contributed by atoms with Crippen molar-refractivity contribution in [2.24, 2.45) is 4.40 Å². The first kappa shape index (κ1) is 17.4. The van der Waals surface area contributed by atoms with Gasteiger partial charge in [-0.2, -0.15) is 0 Å². The zero-order chi connectivity index (χ0) is 17.9. The molecule has 7 heteroatoms. The maximum Gasteiger partial charge on any atom is 0.257 e. The Balaban J connectivity index is 1.66. The number of nitrogens with one attached hydrogen (secondary N) is 1. The number of sulfonamides is 1. The van der Waals surface area contributed by atoms with Gasteiger partial charge in [-0.1, -0.05) is 25.5 Å². The molecule has 6 nitrogen and oxygen atoms in total. The fraction of sp³-hybridized carbons (Fsp3) is 0.333. The highest BCUT2D eigenvalue weighted by atomic mass is 32.2. The average molecular weight is 359 g/mol. The van der Waals surface area contributed by atoms with Crippen molar-refractivity contribution in [2.75, 3.05) is 17.6 Å². The summed E-state index contributed by atoms with van der Waals surface area (Å²) in [5, 5.41) is 2.86. The molecule has 1 aromatic carbocycles. The van der Waals surface area contributed by atoms with E-state index in [1.54, 1.807) is 23.3 Å². The molecule has 0 aromatic heterocycles. The Morgan fingerprint density at radius 3 is 2.72 bits per heavy atom. The third kappa shape index (κ3) is 4.36. The molecule has 0 aliphatic carbocycles. The molecule has 0 bridgehead atoms. The van der Waals surface area contributed by atoms with E-state index in [2.05, 4.69) is 16.6 Å². The van der Waals surface area contributed by atoms with E-state index in [-0.39, 0.29) is 11.7 Å². The molecule has 25 heavy (non-hydrogen) atoms. The van der Waals surface area contributed by atoms with Crippen molar-refractivity contribution in [3.8, 4) is 0 Å². The van der Waals surface area contributed by atoms with Gasteiger partial charge in [0.1, 0.15) is 5.84 Å². The summed E-state index contributed by atoms with van der Waals surface area (Å²) in [4.78, 5) is 14.1. The van der Waals surface area contributed by atoms with Crippen LogP contribution >= 0.6 is 0 Å². The lowest BCUT2D eigenvalue weighted by Gasteiger charge is -2.26. The number of rotatable bonds is 5. The third-order valence-corrected chi connectivity index (χ3v) is 5.28. The molecule has 0 spiro atoms. The van der Waals surface area contributed by atoms with Crippen LogP contribution in [0.2, 0.25) is 0 Å². The van der Waals surface area contributed by atoms with Gasteiger partial charge in [0.2, 0.25) is 0 Å². The smallest absolute Gasteiger partial charge is 0.257 e. The van der Waals surface area contributed by atoms with Gasteiger partial charge in [-0.15, -0.1) is 4.40 Å². The van der Waals surface area contributed by atoms with Gasteiger partial charge in [-0.05, 0) is 42.7 Å². The minimum absolute atomic E-state index is 0.0467. The van der Waals surface area contributed by atoms with Crippen LogP contribution in [0.3, 0.4) is 0 Å². The second kappa shape index (κ2) is 7.23. The van der Waals surface area contributed by atoms with E-state index in [0.717, 1.165) is 24.9 Å². The van der Waals surface area contributed by atoms with Gasteiger partial charge in [0.05, 0.1) is 11.3 Å². The van der Waals surface area contributed by atoms with Gasteiger partial charge in [-0.3, -0.25) is 4.79 Å². The first-order valence-corrected chi connectivity index (χ1v) is 9.97. The van der Waals surface area contributed by atoms with Crippen LogP contribution in [0.15, 0.2) is 52.6 Å². The predicted molar refractivity (Wildman–Crippen MR) is 98.8 cm³/mol. The van der Waals surface area contributed by atoms with E-state index >= 15 is 0 Å². The van der Waals surface area contributed by atoms with Gasteiger partial charge in [0, 0.05) is 18.4 Å². The van der Waals surface area contributed by atoms with Crippen LogP contribution in [0.4, 0.5) is 5.69 Å². The van der Waals surface area contributed by atoms with Crippen molar-refractivity contribution in [2.45, 2.75) is 26.2 Å². The second-order valence-electron chi connectivity index (χ2n) is 6.10. The van der Waals surface area contributed by atoms with Crippen LogP contribution in [0.1, 0.15) is 25.3 Å². The Bertz CT molecular complexity index is 852. The van der Waals surface area contributed by atoms with E-state index in [1.807, 2.05) is 24.3 Å². The summed E-state index contributed by atoms with van der Waals surface area (Å²) in [5.41, 5.74) is 2.46. The number of unbranched alkanes of at least 4 members (excludes halogenated alkanes) is 1. The monoisotopic (exact) mass is 359 g/mol. The number of aryl methyl sites for hydroxylation is 1. The average Bonchev–Trinajstić information content (AvgIpc) is 2.60. The molecule has 1 N–H and O–H groups in total. The van der Waals surface area contributed by atoms with Crippen LogP contribution in [-0.4, -0.2) is 37.4 Å². The highest BCUT2D eigenvalue weighted by Crippen LogP contribution is 2.18. The Labute approximate surface area is 148 Å². The number of amides is 1. The molecule has 0 saturated carbocycles. The van der Waals surface area contributed by atoms with Gasteiger partial charge < -0.3 is 10.2 Å². The number of amidine groups is 1. The van der Waals surface area contributed by atoms with Crippen LogP contribution < -0.4 is 5.32 Å². The molecule has 2 heterocycles. The predicted octanol–water partition coefficient (Wildman–Crippen LogP) is 2.47. The molecular weight excluding hydrogens is 338 g/mol. The lowest BCUT2D eigenvalue weighted by atomic mass is 10.1. The van der Waals surface area contributed by atoms with Crippen molar-refractivity contribution < 1.29 is 13.2 Å². The van der Waals surface area contributed by atoms with Gasteiger partial charge in [0.15, 0.2) is 0 Å². The van der Waals surface area contributed by atoms with Gasteiger partial charge in [-0.25, -0.2) is 8.42 Å². The van der Waals surface area contributed by atoms with Crippen LogP contribution in [0.25, 0.3) is 0 Å². The van der Waals surface area contributed by atoms with Crippen LogP contribution in [0, 0.1) is 0 Å². The number of carbonyl (C=O) groups is 1. The summed E-state index contributed by atoms with van der Waals surface area (Å²) in [6.45, 7) is 2.46. The molecule has 2 aliphatic rings. The topological polar surface area (TPSA) is 78.8 Å². The first-order chi connectivity index (χ1) is 12.0. The molecule has 0 saturated heterocycles. The molecule has 0 atom stereocenters. The minimum Gasteiger partial charge on any atom is -0.330 e. The Morgan fingerprint density at radius 1 is 1.24 bits per heavy atom. The minimum atomic E-state index is -3.39. The number of benzene rings is 1. The van der Waals surface area contributed by atoms with E-state index in [1.165, 1.54) is 5.56 Å². The molecule has 2 aliphatic heterocycles. The quantitative estimate of drug-likeness (QED) is 0.876. The SMILES string of the molecule is CCCCc1ccc(NC(=O)C2=CN3CCS(=O)(=O)N=C3C=C2)cc1. The maximum atomic E-state index is 12.4. The molecule has 0 radical (unpaired) electrons. The molecule has 132 valence electrons. The van der Waals surface area contributed by atoms with Gasteiger partial charge >= 0.3 is 0 Å². The summed E-state index contributed by atoms with van der Waals surface area (Å²) in [5.74, 6) is 0.0720.